The third-order valence-corrected chi connectivity index (χ3v) is 3.11. The van der Waals surface area contributed by atoms with Crippen LogP contribution in [0.4, 0.5) is 13.2 Å². The van der Waals surface area contributed by atoms with E-state index in [1.165, 1.54) is 0 Å². The maximum absolute atomic E-state index is 12.0. The van der Waals surface area contributed by atoms with Gasteiger partial charge in [-0.15, -0.1) is 0 Å². The zero-order chi connectivity index (χ0) is 12.9. The van der Waals surface area contributed by atoms with Gasteiger partial charge < -0.3 is 10.1 Å². The van der Waals surface area contributed by atoms with Crippen LogP contribution in [0.15, 0.2) is 0 Å². The molecule has 0 amide bonds. The summed E-state index contributed by atoms with van der Waals surface area (Å²) in [7, 11) is 1.68. The third kappa shape index (κ3) is 5.70. The molecule has 1 fully saturated rings. The molecule has 1 rings (SSSR count). The minimum absolute atomic E-state index is 0.138. The van der Waals surface area contributed by atoms with Crippen LogP contribution in [0.1, 0.15) is 13.3 Å². The highest BCUT2D eigenvalue weighted by atomic mass is 19.4. The van der Waals surface area contributed by atoms with Crippen LogP contribution in [0.25, 0.3) is 0 Å². The highest BCUT2D eigenvalue weighted by molar-refractivity contribution is 4.80. The molecule has 0 aromatic carbocycles. The fourth-order valence-electron chi connectivity index (χ4n) is 2.19. The van der Waals surface area contributed by atoms with Crippen molar-refractivity contribution in [3.05, 3.63) is 0 Å². The van der Waals surface area contributed by atoms with Gasteiger partial charge in [0, 0.05) is 26.2 Å². The van der Waals surface area contributed by atoms with Crippen molar-refractivity contribution < 1.29 is 17.9 Å². The number of nitrogens with zero attached hydrogens (tertiary/aromatic N) is 1. The van der Waals surface area contributed by atoms with Gasteiger partial charge in [0.05, 0.1) is 13.2 Å². The summed E-state index contributed by atoms with van der Waals surface area (Å²) in [5.74, 6) is 0.519. The van der Waals surface area contributed by atoms with E-state index in [1.54, 1.807) is 7.11 Å². The lowest BCUT2D eigenvalue weighted by molar-refractivity contribution is -0.125. The first-order chi connectivity index (χ1) is 7.92. The lowest BCUT2D eigenvalue weighted by Gasteiger charge is -2.25. The van der Waals surface area contributed by atoms with Gasteiger partial charge in [0.15, 0.2) is 0 Å². The monoisotopic (exact) mass is 254 g/mol. The highest BCUT2D eigenvalue weighted by Crippen LogP contribution is 2.18. The van der Waals surface area contributed by atoms with E-state index in [0.717, 1.165) is 26.1 Å². The molecule has 0 bridgehead atoms. The fourth-order valence-corrected chi connectivity index (χ4v) is 2.19. The number of nitrogens with one attached hydrogen (secondary N) is 1. The molecule has 6 heteroatoms. The maximum atomic E-state index is 12.0. The summed E-state index contributed by atoms with van der Waals surface area (Å²) in [4.78, 5) is 2.22. The van der Waals surface area contributed by atoms with Crippen LogP contribution in [0.2, 0.25) is 0 Å². The summed E-state index contributed by atoms with van der Waals surface area (Å²) in [6.07, 6.45) is -3.05. The van der Waals surface area contributed by atoms with Gasteiger partial charge >= 0.3 is 6.18 Å². The second kappa shape index (κ2) is 6.56. The standard InChI is InChI=1S/C11H21F3N2O/c1-9(5-15-8-11(12,13)14)16-4-3-10(6-16)7-17-2/h9-10,15H,3-8H2,1-2H3. The van der Waals surface area contributed by atoms with Crippen molar-refractivity contribution in [2.24, 2.45) is 5.92 Å². The fraction of sp³-hybridized carbons (Fsp3) is 1.00. The number of methoxy groups -OCH3 is 1. The second-order valence-electron chi connectivity index (χ2n) is 4.70. The van der Waals surface area contributed by atoms with Crippen LogP contribution < -0.4 is 5.32 Å². The number of rotatable bonds is 6. The van der Waals surface area contributed by atoms with Gasteiger partial charge in [0.2, 0.25) is 0 Å². The molecule has 1 saturated heterocycles. The van der Waals surface area contributed by atoms with Gasteiger partial charge in [0.1, 0.15) is 0 Å². The minimum Gasteiger partial charge on any atom is -0.384 e. The molecule has 0 saturated carbocycles. The molecule has 0 aliphatic carbocycles. The molecule has 3 nitrogen and oxygen atoms in total. The smallest absolute Gasteiger partial charge is 0.384 e. The van der Waals surface area contributed by atoms with E-state index < -0.39 is 12.7 Å². The predicted octanol–water partition coefficient (Wildman–Crippen LogP) is 1.50. The van der Waals surface area contributed by atoms with Crippen molar-refractivity contribution in [2.45, 2.75) is 25.6 Å². The normalized spacial score (nSPS) is 24.2. The lowest BCUT2D eigenvalue weighted by Crippen LogP contribution is -2.41. The van der Waals surface area contributed by atoms with E-state index in [9.17, 15) is 13.2 Å². The molecule has 0 radical (unpaired) electrons. The zero-order valence-corrected chi connectivity index (χ0v) is 10.4. The number of hydrogen-bond donors (Lipinski definition) is 1. The Bertz CT molecular complexity index is 223. The first-order valence-corrected chi connectivity index (χ1v) is 5.93. The molecule has 2 atom stereocenters. The molecule has 0 spiro atoms. The molecule has 0 aromatic rings. The van der Waals surface area contributed by atoms with Crippen LogP contribution in [0.5, 0.6) is 0 Å². The van der Waals surface area contributed by atoms with Crippen molar-refractivity contribution in [2.75, 3.05) is 39.9 Å². The van der Waals surface area contributed by atoms with E-state index >= 15 is 0 Å². The Balaban J connectivity index is 2.18. The van der Waals surface area contributed by atoms with Crippen LogP contribution >= 0.6 is 0 Å². The van der Waals surface area contributed by atoms with Gasteiger partial charge in [-0.2, -0.15) is 13.2 Å². The van der Waals surface area contributed by atoms with Gasteiger partial charge in [-0.25, -0.2) is 0 Å². The number of halogens is 3. The van der Waals surface area contributed by atoms with Crippen LogP contribution in [-0.2, 0) is 4.74 Å². The number of likely N-dealkylation sites (tertiary alicyclic amines) is 1. The van der Waals surface area contributed by atoms with Crippen LogP contribution in [0.3, 0.4) is 0 Å². The van der Waals surface area contributed by atoms with Crippen molar-refractivity contribution in [1.82, 2.24) is 10.2 Å². The quantitative estimate of drug-likeness (QED) is 0.777. The SMILES string of the molecule is COCC1CCN(C(C)CNCC(F)(F)F)C1. The molecule has 17 heavy (non-hydrogen) atoms. The predicted molar refractivity (Wildman–Crippen MR) is 59.9 cm³/mol. The first kappa shape index (κ1) is 14.7. The molecule has 0 aromatic heterocycles. The van der Waals surface area contributed by atoms with Crippen molar-refractivity contribution >= 4 is 0 Å². The van der Waals surface area contributed by atoms with E-state index in [1.807, 2.05) is 6.92 Å². The Hall–Kier alpha value is -0.330. The topological polar surface area (TPSA) is 24.5 Å². The van der Waals surface area contributed by atoms with E-state index in [4.69, 9.17) is 4.74 Å². The first-order valence-electron chi connectivity index (χ1n) is 5.93. The molecular weight excluding hydrogens is 233 g/mol. The maximum Gasteiger partial charge on any atom is 0.401 e. The van der Waals surface area contributed by atoms with Gasteiger partial charge in [0.25, 0.3) is 0 Å². The van der Waals surface area contributed by atoms with E-state index in [-0.39, 0.29) is 6.04 Å². The van der Waals surface area contributed by atoms with Gasteiger partial charge in [-0.05, 0) is 25.8 Å². The molecule has 2 unspecified atom stereocenters. The van der Waals surface area contributed by atoms with Crippen LogP contribution in [-0.4, -0.2) is 57.0 Å². The lowest BCUT2D eigenvalue weighted by atomic mass is 10.1. The summed E-state index contributed by atoms with van der Waals surface area (Å²) in [6, 6.07) is 0.138. The Morgan fingerprint density at radius 3 is 2.76 bits per heavy atom. The van der Waals surface area contributed by atoms with Crippen molar-refractivity contribution in [3.8, 4) is 0 Å². The number of alkyl halides is 3. The molecule has 1 aliphatic heterocycles. The van der Waals surface area contributed by atoms with Gasteiger partial charge in [-0.3, -0.25) is 4.90 Å². The summed E-state index contributed by atoms with van der Waals surface area (Å²) in [6.45, 7) is 4.02. The molecule has 1 N–H and O–H groups in total. The Kier molecular flexibility index (Phi) is 5.69. The van der Waals surface area contributed by atoms with Gasteiger partial charge in [-0.1, -0.05) is 0 Å². The average molecular weight is 254 g/mol. The average Bonchev–Trinajstić information content (AvgIpc) is 2.65. The number of hydrogen-bond acceptors (Lipinski definition) is 3. The Morgan fingerprint density at radius 1 is 1.47 bits per heavy atom. The van der Waals surface area contributed by atoms with Crippen molar-refractivity contribution in [1.29, 1.82) is 0 Å². The molecule has 1 aliphatic rings. The summed E-state index contributed by atoms with van der Waals surface area (Å²) < 4.78 is 40.9. The molecule has 1 heterocycles. The van der Waals surface area contributed by atoms with Crippen LogP contribution in [0, 0.1) is 5.92 Å². The summed E-state index contributed by atoms with van der Waals surface area (Å²) >= 11 is 0. The summed E-state index contributed by atoms with van der Waals surface area (Å²) in [5, 5.41) is 2.45. The second-order valence-corrected chi connectivity index (χ2v) is 4.70. The minimum atomic E-state index is -4.12. The van der Waals surface area contributed by atoms with E-state index in [2.05, 4.69) is 10.2 Å². The zero-order valence-electron chi connectivity index (χ0n) is 10.4. The highest BCUT2D eigenvalue weighted by Gasteiger charge is 2.28. The largest absolute Gasteiger partial charge is 0.401 e. The third-order valence-electron chi connectivity index (χ3n) is 3.11. The molecular formula is C11H21F3N2O. The van der Waals surface area contributed by atoms with E-state index in [0.29, 0.717) is 12.5 Å². The Morgan fingerprint density at radius 2 is 2.18 bits per heavy atom. The Labute approximate surface area is 100 Å². The number of ether oxygens (including phenoxy) is 1. The summed E-state index contributed by atoms with van der Waals surface area (Å²) in [5.41, 5.74) is 0. The van der Waals surface area contributed by atoms with Crippen molar-refractivity contribution in [3.63, 3.8) is 0 Å². The molecule has 102 valence electrons.